The molecule has 21 heavy (non-hydrogen) atoms. The number of nitrogens with one attached hydrogen (secondary N) is 1. The number of aliphatic hydroxyl groups excluding tert-OH is 2. The van der Waals surface area contributed by atoms with Gasteiger partial charge in [0.2, 0.25) is 0 Å². The molecule has 4 atom stereocenters. The van der Waals surface area contributed by atoms with Crippen molar-refractivity contribution < 1.29 is 29.3 Å². The van der Waals surface area contributed by atoms with Crippen LogP contribution in [0.15, 0.2) is 0 Å². The Morgan fingerprint density at radius 1 is 1.24 bits per heavy atom. The maximum Gasteiger partial charge on any atom is 0.407 e. The maximum atomic E-state index is 11.9. The van der Waals surface area contributed by atoms with E-state index in [9.17, 15) is 19.8 Å². The molecule has 0 bridgehead atoms. The third-order valence-corrected chi connectivity index (χ3v) is 3.24. The monoisotopic (exact) mass is 303 g/mol. The summed E-state index contributed by atoms with van der Waals surface area (Å²) < 4.78 is 10.1. The Morgan fingerprint density at radius 3 is 2.38 bits per heavy atom. The fourth-order valence-corrected chi connectivity index (χ4v) is 2.32. The van der Waals surface area contributed by atoms with Gasteiger partial charge in [0.25, 0.3) is 0 Å². The third kappa shape index (κ3) is 5.17. The SMILES string of the molecule is CCOC(=O)[C@H]1CC[C@@H](O)[C@@H](O)[C@@H]1NC(=O)OC(C)(C)C. The van der Waals surface area contributed by atoms with Gasteiger partial charge >= 0.3 is 12.1 Å². The Kier molecular flexibility index (Phi) is 5.98. The lowest BCUT2D eigenvalue weighted by molar-refractivity contribution is -0.154. The summed E-state index contributed by atoms with van der Waals surface area (Å²) in [7, 11) is 0. The molecular weight excluding hydrogens is 278 g/mol. The molecule has 0 aromatic heterocycles. The predicted octanol–water partition coefficient (Wildman–Crippen LogP) is 0.575. The van der Waals surface area contributed by atoms with Crippen molar-refractivity contribution in [2.45, 2.75) is 64.4 Å². The number of ether oxygens (including phenoxy) is 2. The van der Waals surface area contributed by atoms with E-state index in [1.165, 1.54) is 0 Å². The zero-order valence-electron chi connectivity index (χ0n) is 13.0. The molecule has 3 N–H and O–H groups in total. The van der Waals surface area contributed by atoms with Crippen molar-refractivity contribution in [3.63, 3.8) is 0 Å². The van der Waals surface area contributed by atoms with Crippen LogP contribution in [0.25, 0.3) is 0 Å². The first-order valence-electron chi connectivity index (χ1n) is 7.18. The van der Waals surface area contributed by atoms with Crippen LogP contribution in [-0.4, -0.2) is 52.7 Å². The second-order valence-electron chi connectivity index (χ2n) is 6.17. The number of carbonyl (C=O) groups excluding carboxylic acids is 2. The van der Waals surface area contributed by atoms with Crippen LogP contribution in [0.3, 0.4) is 0 Å². The van der Waals surface area contributed by atoms with Crippen LogP contribution in [0.1, 0.15) is 40.5 Å². The fraction of sp³-hybridized carbons (Fsp3) is 0.857. The molecule has 0 aromatic carbocycles. The summed E-state index contributed by atoms with van der Waals surface area (Å²) in [5.41, 5.74) is -0.693. The summed E-state index contributed by atoms with van der Waals surface area (Å²) in [6, 6.07) is -0.928. The summed E-state index contributed by atoms with van der Waals surface area (Å²) in [5.74, 6) is -1.19. The Labute approximate surface area is 124 Å². The Morgan fingerprint density at radius 2 is 1.86 bits per heavy atom. The lowest BCUT2D eigenvalue weighted by atomic mass is 9.81. The Hall–Kier alpha value is -1.34. The van der Waals surface area contributed by atoms with Crippen molar-refractivity contribution in [3.8, 4) is 0 Å². The minimum atomic E-state index is -1.24. The van der Waals surface area contributed by atoms with E-state index < -0.39 is 41.8 Å². The number of aliphatic hydroxyl groups is 2. The van der Waals surface area contributed by atoms with Gasteiger partial charge < -0.3 is 25.0 Å². The van der Waals surface area contributed by atoms with E-state index in [-0.39, 0.29) is 13.0 Å². The second kappa shape index (κ2) is 7.09. The molecule has 0 aliphatic heterocycles. The highest BCUT2D eigenvalue weighted by Gasteiger charge is 2.43. The molecule has 0 spiro atoms. The van der Waals surface area contributed by atoms with Crippen LogP contribution in [-0.2, 0) is 14.3 Å². The number of carbonyl (C=O) groups is 2. The number of hydrogen-bond donors (Lipinski definition) is 3. The quantitative estimate of drug-likeness (QED) is 0.659. The number of amides is 1. The minimum Gasteiger partial charge on any atom is -0.466 e. The van der Waals surface area contributed by atoms with Crippen molar-refractivity contribution in [3.05, 3.63) is 0 Å². The minimum absolute atomic E-state index is 0.215. The molecule has 0 radical (unpaired) electrons. The largest absolute Gasteiger partial charge is 0.466 e. The van der Waals surface area contributed by atoms with E-state index in [2.05, 4.69) is 5.32 Å². The molecule has 1 saturated carbocycles. The predicted molar refractivity (Wildman–Crippen MR) is 74.5 cm³/mol. The van der Waals surface area contributed by atoms with E-state index in [4.69, 9.17) is 9.47 Å². The normalized spacial score (nSPS) is 29.6. The van der Waals surface area contributed by atoms with Gasteiger partial charge in [0.05, 0.1) is 24.7 Å². The lowest BCUT2D eigenvalue weighted by Crippen LogP contribution is -2.58. The van der Waals surface area contributed by atoms with Gasteiger partial charge in [0.15, 0.2) is 0 Å². The molecule has 0 saturated heterocycles. The van der Waals surface area contributed by atoms with Crippen molar-refractivity contribution in [2.75, 3.05) is 6.61 Å². The number of hydrogen-bond acceptors (Lipinski definition) is 6. The second-order valence-corrected chi connectivity index (χ2v) is 6.17. The van der Waals surface area contributed by atoms with E-state index in [1.54, 1.807) is 27.7 Å². The van der Waals surface area contributed by atoms with E-state index in [1.807, 2.05) is 0 Å². The highest BCUT2D eigenvalue weighted by molar-refractivity contribution is 5.75. The number of rotatable bonds is 3. The van der Waals surface area contributed by atoms with Crippen LogP contribution >= 0.6 is 0 Å². The first-order chi connectivity index (χ1) is 9.65. The molecular formula is C14H25NO6. The summed E-state index contributed by atoms with van der Waals surface area (Å²) >= 11 is 0. The third-order valence-electron chi connectivity index (χ3n) is 3.24. The van der Waals surface area contributed by atoms with Crippen molar-refractivity contribution >= 4 is 12.1 Å². The van der Waals surface area contributed by atoms with Crippen LogP contribution in [0, 0.1) is 5.92 Å². The van der Waals surface area contributed by atoms with Gasteiger partial charge in [-0.2, -0.15) is 0 Å². The van der Waals surface area contributed by atoms with Gasteiger partial charge in [-0.1, -0.05) is 0 Å². The smallest absolute Gasteiger partial charge is 0.407 e. The van der Waals surface area contributed by atoms with Crippen molar-refractivity contribution in [1.82, 2.24) is 5.32 Å². The average molecular weight is 303 g/mol. The summed E-state index contributed by atoms with van der Waals surface area (Å²) in [4.78, 5) is 23.7. The Bertz CT molecular complexity index is 378. The Balaban J connectivity index is 2.79. The summed E-state index contributed by atoms with van der Waals surface area (Å²) in [6.07, 6.45) is -2.36. The van der Waals surface area contributed by atoms with Crippen molar-refractivity contribution in [2.24, 2.45) is 5.92 Å². The van der Waals surface area contributed by atoms with Crippen LogP contribution < -0.4 is 5.32 Å². The van der Waals surface area contributed by atoms with Crippen LogP contribution in [0.4, 0.5) is 4.79 Å². The molecule has 1 rings (SSSR count). The fourth-order valence-electron chi connectivity index (χ4n) is 2.32. The van der Waals surface area contributed by atoms with Gasteiger partial charge in [-0.3, -0.25) is 4.79 Å². The van der Waals surface area contributed by atoms with Gasteiger partial charge in [-0.25, -0.2) is 4.79 Å². The highest BCUT2D eigenvalue weighted by atomic mass is 16.6. The lowest BCUT2D eigenvalue weighted by Gasteiger charge is -2.37. The van der Waals surface area contributed by atoms with Gasteiger partial charge in [0.1, 0.15) is 11.7 Å². The number of alkyl carbamates (subject to hydrolysis) is 1. The van der Waals surface area contributed by atoms with E-state index >= 15 is 0 Å². The molecule has 1 aliphatic rings. The molecule has 1 fully saturated rings. The molecule has 1 aliphatic carbocycles. The van der Waals surface area contributed by atoms with Gasteiger partial charge in [0, 0.05) is 0 Å². The van der Waals surface area contributed by atoms with Gasteiger partial charge in [-0.15, -0.1) is 0 Å². The number of esters is 1. The van der Waals surface area contributed by atoms with Crippen LogP contribution in [0.5, 0.6) is 0 Å². The molecule has 7 heteroatoms. The zero-order chi connectivity index (χ0) is 16.2. The van der Waals surface area contributed by atoms with Gasteiger partial charge in [-0.05, 0) is 40.5 Å². The zero-order valence-corrected chi connectivity index (χ0v) is 13.0. The first-order valence-corrected chi connectivity index (χ1v) is 7.18. The first kappa shape index (κ1) is 17.7. The van der Waals surface area contributed by atoms with E-state index in [0.29, 0.717) is 6.42 Å². The molecule has 1 amide bonds. The van der Waals surface area contributed by atoms with Crippen molar-refractivity contribution in [1.29, 1.82) is 0 Å². The average Bonchev–Trinajstić information content (AvgIpc) is 2.33. The molecule has 7 nitrogen and oxygen atoms in total. The molecule has 0 aromatic rings. The standard InChI is InChI=1S/C14H25NO6/c1-5-20-12(18)8-6-7-9(16)11(17)10(8)15-13(19)21-14(2,3)4/h8-11,16-17H,5-7H2,1-4H3,(H,15,19)/t8-,9+,10+,11+/m0/s1. The maximum absolute atomic E-state index is 11.9. The molecule has 122 valence electrons. The van der Waals surface area contributed by atoms with E-state index in [0.717, 1.165) is 0 Å². The molecule has 0 heterocycles. The van der Waals surface area contributed by atoms with Crippen LogP contribution in [0.2, 0.25) is 0 Å². The summed E-state index contributed by atoms with van der Waals surface area (Å²) in [6.45, 7) is 7.03. The summed E-state index contributed by atoms with van der Waals surface area (Å²) in [5, 5.41) is 22.2. The molecule has 0 unspecified atom stereocenters. The highest BCUT2D eigenvalue weighted by Crippen LogP contribution is 2.27. The topological polar surface area (TPSA) is 105 Å².